The molecule has 0 aliphatic heterocycles. The minimum Gasteiger partial charge on any atom is -0.128 e. The summed E-state index contributed by atoms with van der Waals surface area (Å²) in [5.41, 5.74) is 1.34. The zero-order valence-electron chi connectivity index (χ0n) is 8.14. The molecule has 0 spiro atoms. The lowest BCUT2D eigenvalue weighted by Crippen LogP contribution is -2.04. The van der Waals surface area contributed by atoms with Crippen molar-refractivity contribution in [2.75, 3.05) is 0 Å². The van der Waals surface area contributed by atoms with E-state index in [1.807, 2.05) is 11.8 Å². The average molecular weight is 170 g/mol. The van der Waals surface area contributed by atoms with Crippen LogP contribution >= 0.6 is 11.8 Å². The van der Waals surface area contributed by atoms with Gasteiger partial charge in [0.2, 0.25) is 0 Å². The van der Waals surface area contributed by atoms with E-state index in [4.69, 9.17) is 0 Å². The number of allylic oxidation sites excluding steroid dienone is 3. The van der Waals surface area contributed by atoms with Gasteiger partial charge in [-0.1, -0.05) is 38.5 Å². The second kappa shape index (κ2) is 4.66. The molecule has 0 N–H and O–H groups in total. The molecule has 0 atom stereocenters. The first-order chi connectivity index (χ1) is 4.92. The highest BCUT2D eigenvalue weighted by Gasteiger charge is 2.06. The first kappa shape index (κ1) is 10.8. The van der Waals surface area contributed by atoms with Crippen LogP contribution in [0.2, 0.25) is 0 Å². The number of thioether (sulfide) groups is 1. The number of rotatable bonds is 2. The van der Waals surface area contributed by atoms with Crippen molar-refractivity contribution >= 4 is 11.8 Å². The zero-order chi connectivity index (χ0) is 8.91. The summed E-state index contributed by atoms with van der Waals surface area (Å²) in [6.07, 6.45) is 4.23. The summed E-state index contributed by atoms with van der Waals surface area (Å²) < 4.78 is 0.339. The molecule has 0 heterocycles. The Morgan fingerprint density at radius 1 is 1.18 bits per heavy atom. The minimum absolute atomic E-state index is 0.339. The zero-order valence-corrected chi connectivity index (χ0v) is 8.96. The first-order valence-corrected chi connectivity index (χ1v) is 4.77. The molecule has 64 valence electrons. The summed E-state index contributed by atoms with van der Waals surface area (Å²) in [7, 11) is 0. The Kier molecular flexibility index (Phi) is 4.58. The molecule has 0 bridgehead atoms. The molecule has 0 aliphatic carbocycles. The summed E-state index contributed by atoms with van der Waals surface area (Å²) >= 11 is 1.85. The molecule has 11 heavy (non-hydrogen) atoms. The normalized spacial score (nSPS) is 12.1. The van der Waals surface area contributed by atoms with E-state index in [1.165, 1.54) is 5.57 Å². The van der Waals surface area contributed by atoms with E-state index in [2.05, 4.69) is 52.2 Å². The summed E-state index contributed by atoms with van der Waals surface area (Å²) in [5, 5.41) is 2.15. The van der Waals surface area contributed by atoms with Crippen molar-refractivity contribution in [3.05, 3.63) is 23.1 Å². The van der Waals surface area contributed by atoms with Crippen LogP contribution in [0.15, 0.2) is 23.1 Å². The molecule has 0 fully saturated rings. The van der Waals surface area contributed by atoms with Crippen molar-refractivity contribution in [2.45, 2.75) is 39.4 Å². The van der Waals surface area contributed by atoms with Crippen molar-refractivity contribution in [1.82, 2.24) is 0 Å². The number of hydrogen-bond donors (Lipinski definition) is 0. The van der Waals surface area contributed by atoms with Gasteiger partial charge in [0, 0.05) is 4.75 Å². The fourth-order valence-corrected chi connectivity index (χ4v) is 1.04. The molecule has 0 nitrogen and oxygen atoms in total. The standard InChI is InChI=1S/C10H18S/c1-9(2)7-6-8-11-10(3,4)5/h6-8H,1-5H3/b8-6+. The Balaban J connectivity index is 3.71. The van der Waals surface area contributed by atoms with E-state index in [0.717, 1.165) is 0 Å². The number of hydrogen-bond acceptors (Lipinski definition) is 1. The average Bonchev–Trinajstić information content (AvgIpc) is 1.78. The van der Waals surface area contributed by atoms with Gasteiger partial charge in [0.05, 0.1) is 0 Å². The Hall–Kier alpha value is -0.170. The van der Waals surface area contributed by atoms with Gasteiger partial charge in [-0.25, -0.2) is 0 Å². The van der Waals surface area contributed by atoms with Crippen LogP contribution in [0.1, 0.15) is 34.6 Å². The van der Waals surface area contributed by atoms with Gasteiger partial charge in [0.25, 0.3) is 0 Å². The second-order valence-corrected chi connectivity index (χ2v) is 5.54. The van der Waals surface area contributed by atoms with Crippen LogP contribution in [0.3, 0.4) is 0 Å². The molecular formula is C10H18S. The van der Waals surface area contributed by atoms with Gasteiger partial charge in [0.15, 0.2) is 0 Å². The van der Waals surface area contributed by atoms with E-state index in [1.54, 1.807) is 0 Å². The van der Waals surface area contributed by atoms with E-state index in [-0.39, 0.29) is 0 Å². The Morgan fingerprint density at radius 3 is 2.09 bits per heavy atom. The van der Waals surface area contributed by atoms with Crippen molar-refractivity contribution in [1.29, 1.82) is 0 Å². The lowest BCUT2D eigenvalue weighted by atomic mass is 10.3. The molecule has 0 amide bonds. The first-order valence-electron chi connectivity index (χ1n) is 3.90. The molecule has 0 aromatic carbocycles. The van der Waals surface area contributed by atoms with Crippen LogP contribution in [0.25, 0.3) is 0 Å². The fraction of sp³-hybridized carbons (Fsp3) is 0.600. The maximum atomic E-state index is 2.21. The van der Waals surface area contributed by atoms with E-state index < -0.39 is 0 Å². The summed E-state index contributed by atoms with van der Waals surface area (Å²) in [6, 6.07) is 0. The molecule has 0 rings (SSSR count). The monoisotopic (exact) mass is 170 g/mol. The highest BCUT2D eigenvalue weighted by Crippen LogP contribution is 2.23. The highest BCUT2D eigenvalue weighted by molar-refractivity contribution is 8.03. The third-order valence-corrected chi connectivity index (χ3v) is 1.93. The predicted molar refractivity (Wildman–Crippen MR) is 55.9 cm³/mol. The molecule has 0 radical (unpaired) electrons. The summed E-state index contributed by atoms with van der Waals surface area (Å²) in [4.78, 5) is 0. The molecule has 0 aliphatic rings. The van der Waals surface area contributed by atoms with Crippen LogP contribution in [-0.4, -0.2) is 4.75 Å². The maximum absolute atomic E-state index is 2.21. The van der Waals surface area contributed by atoms with Crippen LogP contribution < -0.4 is 0 Å². The highest BCUT2D eigenvalue weighted by atomic mass is 32.2. The van der Waals surface area contributed by atoms with Crippen molar-refractivity contribution in [2.24, 2.45) is 0 Å². The molecule has 0 unspecified atom stereocenters. The van der Waals surface area contributed by atoms with Gasteiger partial charge in [-0.15, -0.1) is 11.8 Å². The molecule has 0 saturated carbocycles. The summed E-state index contributed by atoms with van der Waals surface area (Å²) in [6.45, 7) is 10.8. The topological polar surface area (TPSA) is 0 Å². The van der Waals surface area contributed by atoms with Gasteiger partial charge >= 0.3 is 0 Å². The minimum atomic E-state index is 0.339. The quantitative estimate of drug-likeness (QED) is 0.564. The third-order valence-electron chi connectivity index (χ3n) is 0.930. The fourth-order valence-electron chi connectivity index (χ4n) is 0.475. The van der Waals surface area contributed by atoms with Gasteiger partial charge in [-0.3, -0.25) is 0 Å². The summed E-state index contributed by atoms with van der Waals surface area (Å²) in [5.74, 6) is 0. The van der Waals surface area contributed by atoms with E-state index in [0.29, 0.717) is 4.75 Å². The maximum Gasteiger partial charge on any atom is 0.0116 e. The van der Waals surface area contributed by atoms with Crippen molar-refractivity contribution in [3.8, 4) is 0 Å². The SMILES string of the molecule is CC(C)=C/C=C/SC(C)(C)C. The van der Waals surface area contributed by atoms with Gasteiger partial charge in [-0.2, -0.15) is 0 Å². The predicted octanol–water partition coefficient (Wildman–Crippen LogP) is 4.00. The lowest BCUT2D eigenvalue weighted by molar-refractivity contribution is 0.807. The molecule has 0 aromatic heterocycles. The van der Waals surface area contributed by atoms with Crippen molar-refractivity contribution < 1.29 is 0 Å². The molecule has 1 heteroatoms. The Labute approximate surface area is 74.8 Å². The van der Waals surface area contributed by atoms with Crippen LogP contribution in [0.5, 0.6) is 0 Å². The van der Waals surface area contributed by atoms with Crippen molar-refractivity contribution in [3.63, 3.8) is 0 Å². The molecular weight excluding hydrogens is 152 g/mol. The van der Waals surface area contributed by atoms with Gasteiger partial charge in [0.1, 0.15) is 0 Å². The van der Waals surface area contributed by atoms with Crippen LogP contribution in [0.4, 0.5) is 0 Å². The Bertz CT molecular complexity index is 154. The van der Waals surface area contributed by atoms with Crippen LogP contribution in [0, 0.1) is 0 Å². The van der Waals surface area contributed by atoms with E-state index >= 15 is 0 Å². The Morgan fingerprint density at radius 2 is 1.73 bits per heavy atom. The van der Waals surface area contributed by atoms with Gasteiger partial charge < -0.3 is 0 Å². The second-order valence-electron chi connectivity index (χ2n) is 3.80. The largest absolute Gasteiger partial charge is 0.128 e. The van der Waals surface area contributed by atoms with Gasteiger partial charge in [-0.05, 0) is 19.3 Å². The van der Waals surface area contributed by atoms with E-state index in [9.17, 15) is 0 Å². The molecule has 0 saturated heterocycles. The third kappa shape index (κ3) is 9.83. The van der Waals surface area contributed by atoms with Crippen LogP contribution in [-0.2, 0) is 0 Å². The molecule has 0 aromatic rings. The lowest BCUT2D eigenvalue weighted by Gasteiger charge is -2.13. The smallest absolute Gasteiger partial charge is 0.0116 e.